The number of unbranched alkanes of at least 4 members (excludes halogenated alkanes) is 1. The number of hydrogen-bond donors (Lipinski definition) is 3. The molecule has 2 aromatic heterocycles. The molecule has 2 aromatic rings. The van der Waals surface area contributed by atoms with E-state index in [4.69, 9.17) is 5.73 Å². The summed E-state index contributed by atoms with van der Waals surface area (Å²) in [5.74, 6) is 0.607. The fraction of sp³-hybridized carbons (Fsp3) is 0.333. The van der Waals surface area contributed by atoms with Gasteiger partial charge in [0.2, 0.25) is 0 Å². The predicted octanol–water partition coefficient (Wildman–Crippen LogP) is 1.45. The standard InChI is InChI=1S/C15H21N7O/c1-3-4-9-22(2)14-12(16)13(18-10-19-14)20-21-15(23)11-7-5-6-8-17-11/h5-8,10H,3-4,9,16H2,1-2H3,(H,21,23)(H,18,19,20). The molecule has 2 rings (SSSR count). The lowest BCUT2D eigenvalue weighted by molar-refractivity contribution is 0.0957. The molecule has 0 bridgehead atoms. The summed E-state index contributed by atoms with van der Waals surface area (Å²) in [5, 5.41) is 0. The highest BCUT2D eigenvalue weighted by Gasteiger charge is 2.13. The number of carbonyl (C=O) groups is 1. The van der Waals surface area contributed by atoms with Crippen molar-refractivity contribution in [2.75, 3.05) is 29.7 Å². The largest absolute Gasteiger partial charge is 0.393 e. The van der Waals surface area contributed by atoms with Gasteiger partial charge in [0.05, 0.1) is 0 Å². The van der Waals surface area contributed by atoms with E-state index in [9.17, 15) is 4.79 Å². The van der Waals surface area contributed by atoms with Crippen molar-refractivity contribution in [1.82, 2.24) is 20.4 Å². The Bertz CT molecular complexity index is 648. The zero-order chi connectivity index (χ0) is 16.7. The summed E-state index contributed by atoms with van der Waals surface area (Å²) in [6.45, 7) is 2.97. The van der Waals surface area contributed by atoms with Crippen LogP contribution in [0.1, 0.15) is 30.3 Å². The minimum atomic E-state index is -0.371. The van der Waals surface area contributed by atoms with Gasteiger partial charge in [0.25, 0.3) is 5.91 Å². The van der Waals surface area contributed by atoms with E-state index in [0.717, 1.165) is 19.4 Å². The van der Waals surface area contributed by atoms with Crippen molar-refractivity contribution in [3.63, 3.8) is 0 Å². The highest BCUT2D eigenvalue weighted by molar-refractivity contribution is 5.93. The zero-order valence-corrected chi connectivity index (χ0v) is 13.3. The quantitative estimate of drug-likeness (QED) is 0.663. The summed E-state index contributed by atoms with van der Waals surface area (Å²) in [7, 11) is 1.92. The second-order valence-corrected chi connectivity index (χ2v) is 5.03. The Morgan fingerprint density at radius 3 is 2.83 bits per heavy atom. The number of nitrogens with one attached hydrogen (secondary N) is 2. The average molecular weight is 315 g/mol. The fourth-order valence-electron chi connectivity index (χ4n) is 1.97. The van der Waals surface area contributed by atoms with Crippen LogP contribution in [-0.2, 0) is 0 Å². The molecule has 1 amide bonds. The molecule has 0 aromatic carbocycles. The van der Waals surface area contributed by atoms with Gasteiger partial charge in [-0.05, 0) is 18.6 Å². The number of aromatic nitrogens is 3. The van der Waals surface area contributed by atoms with Gasteiger partial charge in [-0.3, -0.25) is 20.6 Å². The molecule has 0 aliphatic rings. The van der Waals surface area contributed by atoms with E-state index in [-0.39, 0.29) is 5.91 Å². The summed E-state index contributed by atoms with van der Waals surface area (Å²) in [6, 6.07) is 5.09. The third-order valence-corrected chi connectivity index (χ3v) is 3.26. The van der Waals surface area contributed by atoms with Crippen molar-refractivity contribution >= 4 is 23.2 Å². The molecule has 122 valence electrons. The number of rotatable bonds is 7. The van der Waals surface area contributed by atoms with E-state index in [2.05, 4.69) is 32.7 Å². The first-order valence-electron chi connectivity index (χ1n) is 7.42. The van der Waals surface area contributed by atoms with Gasteiger partial charge in [-0.2, -0.15) is 0 Å². The highest BCUT2D eigenvalue weighted by Crippen LogP contribution is 2.24. The Morgan fingerprint density at radius 1 is 1.30 bits per heavy atom. The molecule has 0 aliphatic heterocycles. The summed E-state index contributed by atoms with van der Waals surface area (Å²) >= 11 is 0. The number of anilines is 3. The number of pyridine rings is 1. The molecule has 8 heteroatoms. The lowest BCUT2D eigenvalue weighted by Gasteiger charge is -2.20. The normalized spacial score (nSPS) is 10.2. The summed E-state index contributed by atoms with van der Waals surface area (Å²) < 4.78 is 0. The van der Waals surface area contributed by atoms with Gasteiger partial charge in [0.15, 0.2) is 11.6 Å². The van der Waals surface area contributed by atoms with Crippen molar-refractivity contribution in [3.05, 3.63) is 36.4 Å². The van der Waals surface area contributed by atoms with E-state index in [1.54, 1.807) is 24.4 Å². The second-order valence-electron chi connectivity index (χ2n) is 5.03. The Morgan fingerprint density at radius 2 is 2.13 bits per heavy atom. The summed E-state index contributed by atoms with van der Waals surface area (Å²) in [4.78, 5) is 26.2. The van der Waals surface area contributed by atoms with Crippen LogP contribution in [0.4, 0.5) is 17.3 Å². The first-order valence-corrected chi connectivity index (χ1v) is 7.42. The molecule has 0 fully saturated rings. The van der Waals surface area contributed by atoms with Crippen molar-refractivity contribution in [1.29, 1.82) is 0 Å². The third kappa shape index (κ3) is 4.29. The highest BCUT2D eigenvalue weighted by atomic mass is 16.2. The molecule has 0 saturated carbocycles. The van der Waals surface area contributed by atoms with Crippen LogP contribution in [0.3, 0.4) is 0 Å². The smallest absolute Gasteiger partial charge is 0.288 e. The van der Waals surface area contributed by atoms with E-state index in [0.29, 0.717) is 23.0 Å². The van der Waals surface area contributed by atoms with Crippen LogP contribution in [0, 0.1) is 0 Å². The molecular weight excluding hydrogens is 294 g/mol. The Balaban J connectivity index is 2.04. The van der Waals surface area contributed by atoms with Crippen LogP contribution in [-0.4, -0.2) is 34.5 Å². The molecule has 0 atom stereocenters. The molecule has 0 radical (unpaired) electrons. The lowest BCUT2D eigenvalue weighted by Crippen LogP contribution is -2.31. The molecule has 4 N–H and O–H groups in total. The molecule has 8 nitrogen and oxygen atoms in total. The number of nitrogens with two attached hydrogens (primary N) is 1. The van der Waals surface area contributed by atoms with Crippen molar-refractivity contribution in [2.45, 2.75) is 19.8 Å². The molecule has 0 aliphatic carbocycles. The van der Waals surface area contributed by atoms with Crippen LogP contribution >= 0.6 is 0 Å². The Labute approximate surface area is 135 Å². The Kier molecular flexibility index (Phi) is 5.67. The molecule has 0 unspecified atom stereocenters. The second kappa shape index (κ2) is 7.92. The molecule has 2 heterocycles. The predicted molar refractivity (Wildman–Crippen MR) is 89.9 cm³/mol. The SMILES string of the molecule is CCCCN(C)c1ncnc(NNC(=O)c2ccccn2)c1N. The van der Waals surface area contributed by atoms with Gasteiger partial charge in [-0.15, -0.1) is 0 Å². The number of nitrogen functional groups attached to an aromatic ring is 1. The topological polar surface area (TPSA) is 109 Å². The van der Waals surface area contributed by atoms with Gasteiger partial charge >= 0.3 is 0 Å². The van der Waals surface area contributed by atoms with Crippen molar-refractivity contribution in [2.24, 2.45) is 0 Å². The minimum Gasteiger partial charge on any atom is -0.393 e. The number of hydrogen-bond acceptors (Lipinski definition) is 7. The van der Waals surface area contributed by atoms with Gasteiger partial charge in [-0.25, -0.2) is 9.97 Å². The number of carbonyl (C=O) groups excluding carboxylic acids is 1. The van der Waals surface area contributed by atoms with Gasteiger partial charge < -0.3 is 10.6 Å². The maximum absolute atomic E-state index is 12.0. The van der Waals surface area contributed by atoms with Crippen molar-refractivity contribution < 1.29 is 4.79 Å². The van der Waals surface area contributed by atoms with Crippen molar-refractivity contribution in [3.8, 4) is 0 Å². The Hall–Kier alpha value is -2.90. The zero-order valence-electron chi connectivity index (χ0n) is 13.3. The first kappa shape index (κ1) is 16.5. The summed E-state index contributed by atoms with van der Waals surface area (Å²) in [5.41, 5.74) is 12.0. The maximum atomic E-state index is 12.0. The van der Waals surface area contributed by atoms with E-state index >= 15 is 0 Å². The molecule has 0 spiro atoms. The fourth-order valence-corrected chi connectivity index (χ4v) is 1.97. The number of hydrazine groups is 1. The van der Waals surface area contributed by atoms with Crippen LogP contribution in [0.2, 0.25) is 0 Å². The van der Waals surface area contributed by atoms with Gasteiger partial charge in [0, 0.05) is 19.8 Å². The minimum absolute atomic E-state index is 0.299. The van der Waals surface area contributed by atoms with E-state index < -0.39 is 0 Å². The molecular formula is C15H21N7O. The molecule has 0 saturated heterocycles. The van der Waals surface area contributed by atoms with Crippen LogP contribution in [0.15, 0.2) is 30.7 Å². The number of nitrogens with zero attached hydrogens (tertiary/aromatic N) is 4. The monoisotopic (exact) mass is 315 g/mol. The van der Waals surface area contributed by atoms with Gasteiger partial charge in [-0.1, -0.05) is 19.4 Å². The lowest BCUT2D eigenvalue weighted by atomic mass is 10.3. The van der Waals surface area contributed by atoms with Crippen LogP contribution < -0.4 is 21.5 Å². The summed E-state index contributed by atoms with van der Waals surface area (Å²) in [6.07, 6.45) is 5.08. The third-order valence-electron chi connectivity index (χ3n) is 3.26. The maximum Gasteiger partial charge on any atom is 0.288 e. The van der Waals surface area contributed by atoms with Gasteiger partial charge in [0.1, 0.15) is 17.7 Å². The number of amides is 1. The molecule has 23 heavy (non-hydrogen) atoms. The van der Waals surface area contributed by atoms with E-state index in [1.165, 1.54) is 6.33 Å². The van der Waals surface area contributed by atoms with Crippen LogP contribution in [0.5, 0.6) is 0 Å². The average Bonchev–Trinajstić information content (AvgIpc) is 2.59. The van der Waals surface area contributed by atoms with E-state index in [1.807, 2.05) is 11.9 Å². The van der Waals surface area contributed by atoms with Crippen LogP contribution in [0.25, 0.3) is 0 Å². The first-order chi connectivity index (χ1) is 11.1.